The molecule has 1 amide bonds. The van der Waals surface area contributed by atoms with Gasteiger partial charge >= 0.3 is 0 Å². The van der Waals surface area contributed by atoms with E-state index in [1.807, 2.05) is 6.92 Å². The molecule has 0 bridgehead atoms. The van der Waals surface area contributed by atoms with Crippen LogP contribution in [-0.4, -0.2) is 5.91 Å². The van der Waals surface area contributed by atoms with Crippen LogP contribution in [0.3, 0.4) is 0 Å². The van der Waals surface area contributed by atoms with E-state index in [1.54, 1.807) is 24.3 Å². The molecule has 1 fully saturated rings. The number of benzene rings is 2. The molecule has 1 aliphatic rings. The molecule has 1 N–H and O–H groups in total. The molecular formula is C22H24N2O. The first-order valence-corrected chi connectivity index (χ1v) is 9.03. The summed E-state index contributed by atoms with van der Waals surface area (Å²) in [7, 11) is 0. The van der Waals surface area contributed by atoms with Crippen LogP contribution in [0.5, 0.6) is 0 Å². The molecule has 1 unspecified atom stereocenters. The van der Waals surface area contributed by atoms with Crippen molar-refractivity contribution in [3.63, 3.8) is 0 Å². The first kappa shape index (κ1) is 17.2. The average Bonchev–Trinajstić information content (AvgIpc) is 2.69. The number of rotatable bonds is 4. The lowest BCUT2D eigenvalue weighted by Crippen LogP contribution is -2.29. The molecule has 0 aliphatic heterocycles. The average molecular weight is 332 g/mol. The highest BCUT2D eigenvalue weighted by Gasteiger charge is 2.29. The second kappa shape index (κ2) is 7.98. The highest BCUT2D eigenvalue weighted by atomic mass is 16.1. The van der Waals surface area contributed by atoms with Gasteiger partial charge in [-0.1, -0.05) is 37.3 Å². The molecule has 3 nitrogen and oxygen atoms in total. The zero-order valence-electron chi connectivity index (χ0n) is 14.6. The lowest BCUT2D eigenvalue weighted by atomic mass is 9.74. The van der Waals surface area contributed by atoms with Gasteiger partial charge in [0.2, 0.25) is 5.91 Å². The van der Waals surface area contributed by atoms with Crippen molar-refractivity contribution in [2.24, 2.45) is 11.8 Å². The Hall–Kier alpha value is -2.60. The Labute approximate surface area is 149 Å². The summed E-state index contributed by atoms with van der Waals surface area (Å²) in [4.78, 5) is 12.5. The summed E-state index contributed by atoms with van der Waals surface area (Å²) in [5.74, 6) is 1.16. The standard InChI is InChI=1S/C22H24N2O/c1-16(22(25)24-21-13-7-17(15-23)8-14-21)18-9-11-20(12-10-18)19-5-3-2-4-6-19/h2-8,13-14,16,18,20H,9-12H2,1H3,(H,24,25). The van der Waals surface area contributed by atoms with Crippen molar-refractivity contribution in [2.75, 3.05) is 5.32 Å². The Bertz CT molecular complexity index is 738. The largest absolute Gasteiger partial charge is 0.326 e. The van der Waals surface area contributed by atoms with Gasteiger partial charge in [-0.15, -0.1) is 0 Å². The maximum Gasteiger partial charge on any atom is 0.227 e. The smallest absolute Gasteiger partial charge is 0.227 e. The Kier molecular flexibility index (Phi) is 5.50. The predicted molar refractivity (Wildman–Crippen MR) is 100 cm³/mol. The van der Waals surface area contributed by atoms with Crippen molar-refractivity contribution >= 4 is 11.6 Å². The third kappa shape index (κ3) is 4.28. The van der Waals surface area contributed by atoms with E-state index < -0.39 is 0 Å². The van der Waals surface area contributed by atoms with E-state index in [1.165, 1.54) is 5.56 Å². The molecule has 2 aromatic carbocycles. The molecule has 0 saturated heterocycles. The first-order valence-electron chi connectivity index (χ1n) is 9.03. The third-order valence-electron chi connectivity index (χ3n) is 5.45. The highest BCUT2D eigenvalue weighted by molar-refractivity contribution is 5.92. The molecule has 0 radical (unpaired) electrons. The molecule has 3 rings (SSSR count). The van der Waals surface area contributed by atoms with Crippen LogP contribution in [0.1, 0.15) is 49.7 Å². The van der Waals surface area contributed by atoms with E-state index in [0.717, 1.165) is 31.4 Å². The number of anilines is 1. The fourth-order valence-electron chi connectivity index (χ4n) is 3.78. The molecule has 25 heavy (non-hydrogen) atoms. The quantitative estimate of drug-likeness (QED) is 0.846. The molecule has 1 saturated carbocycles. The zero-order chi connectivity index (χ0) is 17.6. The van der Waals surface area contributed by atoms with Crippen LogP contribution in [0.15, 0.2) is 54.6 Å². The molecule has 0 heterocycles. The Morgan fingerprint density at radius 1 is 1.04 bits per heavy atom. The number of carbonyl (C=O) groups is 1. The summed E-state index contributed by atoms with van der Waals surface area (Å²) < 4.78 is 0. The van der Waals surface area contributed by atoms with Gasteiger partial charge in [0.1, 0.15) is 0 Å². The van der Waals surface area contributed by atoms with Gasteiger partial charge in [0.15, 0.2) is 0 Å². The van der Waals surface area contributed by atoms with Crippen LogP contribution in [0.25, 0.3) is 0 Å². The van der Waals surface area contributed by atoms with Crippen LogP contribution in [0, 0.1) is 23.2 Å². The molecule has 1 aliphatic carbocycles. The van der Waals surface area contributed by atoms with Gasteiger partial charge in [0, 0.05) is 11.6 Å². The lowest BCUT2D eigenvalue weighted by molar-refractivity contribution is -0.121. The molecule has 128 valence electrons. The summed E-state index contributed by atoms with van der Waals surface area (Å²) in [6.07, 6.45) is 4.51. The van der Waals surface area contributed by atoms with E-state index in [2.05, 4.69) is 41.7 Å². The first-order chi connectivity index (χ1) is 12.2. The minimum Gasteiger partial charge on any atom is -0.326 e. The molecular weight excluding hydrogens is 308 g/mol. The number of nitrogens with zero attached hydrogens (tertiary/aromatic N) is 1. The van der Waals surface area contributed by atoms with Gasteiger partial charge in [0.05, 0.1) is 11.6 Å². The summed E-state index contributed by atoms with van der Waals surface area (Å²) in [5, 5.41) is 11.8. The van der Waals surface area contributed by atoms with Crippen molar-refractivity contribution < 1.29 is 4.79 Å². The van der Waals surface area contributed by atoms with E-state index in [0.29, 0.717) is 17.4 Å². The number of hydrogen-bond acceptors (Lipinski definition) is 2. The van der Waals surface area contributed by atoms with Gasteiger partial charge < -0.3 is 5.32 Å². The van der Waals surface area contributed by atoms with Crippen molar-refractivity contribution in [1.29, 1.82) is 5.26 Å². The Morgan fingerprint density at radius 2 is 1.68 bits per heavy atom. The second-order valence-electron chi connectivity index (χ2n) is 6.99. The van der Waals surface area contributed by atoms with Gasteiger partial charge in [-0.3, -0.25) is 4.79 Å². The summed E-state index contributed by atoms with van der Waals surface area (Å²) in [6.45, 7) is 2.03. The maximum atomic E-state index is 12.5. The summed E-state index contributed by atoms with van der Waals surface area (Å²) in [5.41, 5.74) is 2.79. The fraction of sp³-hybridized carbons (Fsp3) is 0.364. The van der Waals surface area contributed by atoms with Crippen molar-refractivity contribution in [3.05, 3.63) is 65.7 Å². The Balaban J connectivity index is 1.54. The minimum absolute atomic E-state index is 0.00682. The second-order valence-corrected chi connectivity index (χ2v) is 6.99. The van der Waals surface area contributed by atoms with E-state index in [4.69, 9.17) is 5.26 Å². The number of carbonyl (C=O) groups excluding carboxylic acids is 1. The summed E-state index contributed by atoms with van der Waals surface area (Å²) >= 11 is 0. The predicted octanol–water partition coefficient (Wildman–Crippen LogP) is 5.11. The third-order valence-corrected chi connectivity index (χ3v) is 5.45. The molecule has 0 spiro atoms. The topological polar surface area (TPSA) is 52.9 Å². The van der Waals surface area contributed by atoms with Gasteiger partial charge in [-0.05, 0) is 67.3 Å². The van der Waals surface area contributed by atoms with Gasteiger partial charge in [-0.2, -0.15) is 5.26 Å². The van der Waals surface area contributed by atoms with Crippen LogP contribution < -0.4 is 5.32 Å². The van der Waals surface area contributed by atoms with Crippen LogP contribution in [0.4, 0.5) is 5.69 Å². The minimum atomic E-state index is 0.00682. The Morgan fingerprint density at radius 3 is 2.28 bits per heavy atom. The van der Waals surface area contributed by atoms with Crippen LogP contribution in [-0.2, 0) is 4.79 Å². The van der Waals surface area contributed by atoms with Crippen molar-refractivity contribution in [1.82, 2.24) is 0 Å². The van der Waals surface area contributed by atoms with Crippen LogP contribution in [0.2, 0.25) is 0 Å². The van der Waals surface area contributed by atoms with Gasteiger partial charge in [-0.25, -0.2) is 0 Å². The van der Waals surface area contributed by atoms with E-state index in [9.17, 15) is 4.79 Å². The van der Waals surface area contributed by atoms with Crippen molar-refractivity contribution in [2.45, 2.75) is 38.5 Å². The monoisotopic (exact) mass is 332 g/mol. The van der Waals surface area contributed by atoms with Crippen LogP contribution >= 0.6 is 0 Å². The molecule has 3 heteroatoms. The normalized spacial score (nSPS) is 21.1. The SMILES string of the molecule is CC(C(=O)Nc1ccc(C#N)cc1)C1CCC(c2ccccc2)CC1. The number of amides is 1. The van der Waals surface area contributed by atoms with Gasteiger partial charge in [0.25, 0.3) is 0 Å². The number of nitriles is 1. The van der Waals surface area contributed by atoms with E-state index >= 15 is 0 Å². The zero-order valence-corrected chi connectivity index (χ0v) is 14.6. The van der Waals surface area contributed by atoms with E-state index in [-0.39, 0.29) is 11.8 Å². The molecule has 0 aromatic heterocycles. The van der Waals surface area contributed by atoms with Crippen molar-refractivity contribution in [3.8, 4) is 6.07 Å². The maximum absolute atomic E-state index is 12.5. The lowest BCUT2D eigenvalue weighted by Gasteiger charge is -2.32. The molecule has 2 aromatic rings. The molecule has 1 atom stereocenters. The fourth-order valence-corrected chi connectivity index (χ4v) is 3.78. The highest BCUT2D eigenvalue weighted by Crippen LogP contribution is 2.38. The number of hydrogen-bond donors (Lipinski definition) is 1. The number of nitrogens with one attached hydrogen (secondary N) is 1. The summed E-state index contributed by atoms with van der Waals surface area (Å²) in [6, 6.07) is 19.8.